The van der Waals surface area contributed by atoms with Gasteiger partial charge in [-0.05, 0) is 95.1 Å². The van der Waals surface area contributed by atoms with Crippen molar-refractivity contribution in [2.24, 2.45) is 0 Å². The van der Waals surface area contributed by atoms with Gasteiger partial charge in [-0.2, -0.15) is 0 Å². The van der Waals surface area contributed by atoms with Gasteiger partial charge in [-0.15, -0.1) is 0 Å². The zero-order valence-corrected chi connectivity index (χ0v) is 30.9. The molecular formula is C54H33N3. The maximum Gasteiger partial charge on any atom is 0.0642 e. The SMILES string of the molecule is c1ccc(-c2ccc3c(c2)c2cc(-c4ccccc4)cc4c5ccc6c(c7ccc(N(c8ccccc8)c8ccccc8)c8c9ccccc9n6c78)c5n3c24)cc1. The molecule has 4 heterocycles. The molecule has 0 radical (unpaired) electrons. The van der Waals surface area contributed by atoms with Crippen molar-refractivity contribution in [3.8, 4) is 22.3 Å². The van der Waals surface area contributed by atoms with Crippen LogP contribution in [0.4, 0.5) is 17.1 Å². The van der Waals surface area contributed by atoms with Crippen molar-refractivity contribution in [1.82, 2.24) is 8.80 Å². The monoisotopic (exact) mass is 723 g/mol. The van der Waals surface area contributed by atoms with E-state index in [2.05, 4.69) is 214 Å². The van der Waals surface area contributed by atoms with Crippen LogP contribution in [0.1, 0.15) is 0 Å². The van der Waals surface area contributed by atoms with Gasteiger partial charge in [0.1, 0.15) is 0 Å². The number of anilines is 3. The molecule has 0 aliphatic heterocycles. The van der Waals surface area contributed by atoms with E-state index in [-0.39, 0.29) is 0 Å². The normalized spacial score (nSPS) is 12.2. The Morgan fingerprint density at radius 1 is 0.281 bits per heavy atom. The molecule has 0 saturated heterocycles. The van der Waals surface area contributed by atoms with E-state index in [4.69, 9.17) is 0 Å². The third-order valence-corrected chi connectivity index (χ3v) is 12.3. The molecule has 0 amide bonds. The number of hydrogen-bond donors (Lipinski definition) is 0. The number of fused-ring (bicyclic) bond motifs is 13. The van der Waals surface area contributed by atoms with E-state index in [1.54, 1.807) is 0 Å². The Labute approximate surface area is 328 Å². The van der Waals surface area contributed by atoms with Crippen LogP contribution >= 0.6 is 0 Å². The summed E-state index contributed by atoms with van der Waals surface area (Å²) in [5.74, 6) is 0. The van der Waals surface area contributed by atoms with Crippen LogP contribution in [-0.4, -0.2) is 8.80 Å². The van der Waals surface area contributed by atoms with Crippen LogP contribution in [-0.2, 0) is 0 Å². The van der Waals surface area contributed by atoms with Gasteiger partial charge in [0, 0.05) is 54.5 Å². The van der Waals surface area contributed by atoms with Crippen LogP contribution in [0.25, 0.3) is 98.4 Å². The van der Waals surface area contributed by atoms with E-state index >= 15 is 0 Å². The minimum Gasteiger partial charge on any atom is -0.310 e. The van der Waals surface area contributed by atoms with Gasteiger partial charge < -0.3 is 13.7 Å². The molecule has 0 fully saturated rings. The van der Waals surface area contributed by atoms with E-state index in [0.29, 0.717) is 0 Å². The van der Waals surface area contributed by atoms with Crippen LogP contribution in [0.3, 0.4) is 0 Å². The van der Waals surface area contributed by atoms with E-state index < -0.39 is 0 Å². The fourth-order valence-electron chi connectivity index (χ4n) is 9.97. The van der Waals surface area contributed by atoms with Gasteiger partial charge >= 0.3 is 0 Å². The fourth-order valence-corrected chi connectivity index (χ4v) is 9.97. The van der Waals surface area contributed by atoms with Crippen molar-refractivity contribution in [1.29, 1.82) is 0 Å². The number of para-hydroxylation sites is 3. The molecule has 57 heavy (non-hydrogen) atoms. The lowest BCUT2D eigenvalue weighted by Crippen LogP contribution is -2.10. The minimum atomic E-state index is 1.13. The third-order valence-electron chi connectivity index (χ3n) is 12.3. The molecule has 0 atom stereocenters. The van der Waals surface area contributed by atoms with Crippen molar-refractivity contribution in [3.63, 3.8) is 0 Å². The maximum atomic E-state index is 2.58. The van der Waals surface area contributed by atoms with Crippen LogP contribution in [0.5, 0.6) is 0 Å². The molecule has 13 rings (SSSR count). The van der Waals surface area contributed by atoms with Crippen LogP contribution in [0.2, 0.25) is 0 Å². The standard InChI is InChI=1S/C54H33N3/c1-5-15-34(16-6-1)36-25-28-47-43(31-36)45-33-37(35-17-7-2-8-18-35)32-44-40-26-29-49-51(53(40)57(47)52(44)45)42-27-30-48(50-41-23-13-14-24-46(41)56(49)54(42)50)55(38-19-9-3-10-20-38)39-21-11-4-12-22-39/h1-33H. The summed E-state index contributed by atoms with van der Waals surface area (Å²) in [5, 5.41) is 10.2. The van der Waals surface area contributed by atoms with Crippen LogP contribution in [0, 0.1) is 0 Å². The number of hydrogen-bond acceptors (Lipinski definition) is 1. The number of benzene rings is 9. The Kier molecular flexibility index (Phi) is 6.16. The largest absolute Gasteiger partial charge is 0.310 e. The first-order valence-corrected chi connectivity index (χ1v) is 19.7. The molecule has 0 aliphatic rings. The molecule has 9 aromatic carbocycles. The molecule has 4 aromatic heterocycles. The van der Waals surface area contributed by atoms with Gasteiger partial charge in [-0.3, -0.25) is 0 Å². The summed E-state index contributed by atoms with van der Waals surface area (Å²) < 4.78 is 5.11. The summed E-state index contributed by atoms with van der Waals surface area (Å²) in [6, 6.07) is 73.4. The highest BCUT2D eigenvalue weighted by molar-refractivity contribution is 6.35. The molecule has 13 aromatic rings. The van der Waals surface area contributed by atoms with Crippen LogP contribution < -0.4 is 4.90 Å². The number of rotatable bonds is 5. The summed E-state index contributed by atoms with van der Waals surface area (Å²) in [7, 11) is 0. The maximum absolute atomic E-state index is 2.58. The Morgan fingerprint density at radius 3 is 1.51 bits per heavy atom. The second-order valence-electron chi connectivity index (χ2n) is 15.3. The van der Waals surface area contributed by atoms with Gasteiger partial charge in [-0.25, -0.2) is 0 Å². The van der Waals surface area contributed by atoms with Crippen molar-refractivity contribution in [2.45, 2.75) is 0 Å². The molecule has 264 valence electrons. The highest BCUT2D eigenvalue weighted by Gasteiger charge is 2.27. The van der Waals surface area contributed by atoms with Gasteiger partial charge in [0.05, 0.1) is 38.8 Å². The van der Waals surface area contributed by atoms with Crippen molar-refractivity contribution >= 4 is 93.3 Å². The predicted molar refractivity (Wildman–Crippen MR) is 241 cm³/mol. The second kappa shape index (κ2) is 11.5. The zero-order valence-electron chi connectivity index (χ0n) is 30.9. The first-order chi connectivity index (χ1) is 28.3. The minimum absolute atomic E-state index is 1.13. The van der Waals surface area contributed by atoms with E-state index in [1.807, 2.05) is 0 Å². The zero-order chi connectivity index (χ0) is 37.2. The lowest BCUT2D eigenvalue weighted by molar-refractivity contribution is 1.30. The molecule has 3 heteroatoms. The van der Waals surface area contributed by atoms with E-state index in [1.165, 1.54) is 104 Å². The molecule has 0 spiro atoms. The second-order valence-corrected chi connectivity index (χ2v) is 15.3. The molecule has 0 N–H and O–H groups in total. The summed E-state index contributed by atoms with van der Waals surface area (Å²) in [5.41, 5.74) is 15.9. The lowest BCUT2D eigenvalue weighted by atomic mass is 9.97. The van der Waals surface area contributed by atoms with Crippen LogP contribution in [0.15, 0.2) is 200 Å². The summed E-state index contributed by atoms with van der Waals surface area (Å²) in [6.07, 6.45) is 0. The average molecular weight is 724 g/mol. The molecular weight excluding hydrogens is 691 g/mol. The van der Waals surface area contributed by atoms with E-state index in [9.17, 15) is 0 Å². The molecule has 3 nitrogen and oxygen atoms in total. The summed E-state index contributed by atoms with van der Waals surface area (Å²) in [4.78, 5) is 2.41. The molecule has 0 saturated carbocycles. The number of aromatic nitrogens is 2. The highest BCUT2D eigenvalue weighted by atomic mass is 15.1. The van der Waals surface area contributed by atoms with Gasteiger partial charge in [0.2, 0.25) is 0 Å². The topological polar surface area (TPSA) is 12.1 Å². The smallest absolute Gasteiger partial charge is 0.0642 e. The fraction of sp³-hybridized carbons (Fsp3) is 0. The molecule has 0 unspecified atom stereocenters. The number of nitrogens with zero attached hydrogens (tertiary/aromatic N) is 3. The van der Waals surface area contributed by atoms with Crippen molar-refractivity contribution in [3.05, 3.63) is 200 Å². The Bertz CT molecular complexity index is 3620. The highest BCUT2D eigenvalue weighted by Crippen LogP contribution is 2.51. The Balaban J connectivity index is 1.20. The lowest BCUT2D eigenvalue weighted by Gasteiger charge is -2.26. The first kappa shape index (κ1) is 30.7. The predicted octanol–water partition coefficient (Wildman–Crippen LogP) is 14.8. The Morgan fingerprint density at radius 2 is 0.807 bits per heavy atom. The Hall–Kier alpha value is -7.62. The summed E-state index contributed by atoms with van der Waals surface area (Å²) in [6.45, 7) is 0. The molecule has 0 aliphatic carbocycles. The third kappa shape index (κ3) is 4.15. The van der Waals surface area contributed by atoms with Crippen molar-refractivity contribution < 1.29 is 0 Å². The van der Waals surface area contributed by atoms with Gasteiger partial charge in [0.15, 0.2) is 0 Å². The summed E-state index contributed by atoms with van der Waals surface area (Å²) >= 11 is 0. The molecule has 0 bridgehead atoms. The van der Waals surface area contributed by atoms with Gasteiger partial charge in [-0.1, -0.05) is 127 Å². The average Bonchev–Trinajstić information content (AvgIpc) is 4.01. The van der Waals surface area contributed by atoms with E-state index in [0.717, 1.165) is 11.4 Å². The van der Waals surface area contributed by atoms with Gasteiger partial charge in [0.25, 0.3) is 0 Å². The van der Waals surface area contributed by atoms with Crippen molar-refractivity contribution in [2.75, 3.05) is 4.90 Å². The first-order valence-electron chi connectivity index (χ1n) is 19.7. The quantitative estimate of drug-likeness (QED) is 0.172.